The van der Waals surface area contributed by atoms with Crippen LogP contribution in [-0.2, 0) is 14.8 Å². The zero-order valence-corrected chi connectivity index (χ0v) is 20.3. The lowest BCUT2D eigenvalue weighted by atomic mass is 10.2. The van der Waals surface area contributed by atoms with Crippen LogP contribution in [0.25, 0.3) is 0 Å². The van der Waals surface area contributed by atoms with Gasteiger partial charge in [0.1, 0.15) is 12.3 Å². The Hall–Kier alpha value is -3.34. The van der Waals surface area contributed by atoms with E-state index in [1.165, 1.54) is 62.6 Å². The summed E-state index contributed by atoms with van der Waals surface area (Å²) in [5.74, 6) is -0.229. The average Bonchev–Trinajstić information content (AvgIpc) is 2.80. The Morgan fingerprint density at radius 2 is 1.79 bits per heavy atom. The highest BCUT2D eigenvalue weighted by atomic mass is 35.5. The van der Waals surface area contributed by atoms with Crippen molar-refractivity contribution in [1.29, 1.82) is 0 Å². The molecule has 34 heavy (non-hydrogen) atoms. The molecule has 0 aliphatic heterocycles. The number of anilines is 2. The molecule has 0 spiro atoms. The summed E-state index contributed by atoms with van der Waals surface area (Å²) in [5, 5.41) is 14.2. The van der Waals surface area contributed by atoms with Crippen molar-refractivity contribution < 1.29 is 22.9 Å². The number of nitro benzene ring substituents is 1. The Morgan fingerprint density at radius 3 is 2.41 bits per heavy atom. The molecule has 0 saturated heterocycles. The third-order valence-electron chi connectivity index (χ3n) is 4.84. The van der Waals surface area contributed by atoms with Gasteiger partial charge in [0, 0.05) is 11.6 Å². The van der Waals surface area contributed by atoms with E-state index in [0.29, 0.717) is 11.3 Å². The van der Waals surface area contributed by atoms with Gasteiger partial charge in [-0.3, -0.25) is 19.2 Å². The van der Waals surface area contributed by atoms with Crippen molar-refractivity contribution in [3.05, 3.63) is 86.4 Å². The summed E-state index contributed by atoms with van der Waals surface area (Å²) in [4.78, 5) is 23.2. The number of hydrogen-bond acceptors (Lipinski definition) is 6. The summed E-state index contributed by atoms with van der Waals surface area (Å²) in [6.07, 6.45) is 0. The summed E-state index contributed by atoms with van der Waals surface area (Å²) in [6.45, 7) is 0.858. The van der Waals surface area contributed by atoms with Gasteiger partial charge in [0.05, 0.1) is 38.3 Å². The first-order chi connectivity index (χ1) is 16.0. The summed E-state index contributed by atoms with van der Waals surface area (Å²) in [7, 11) is -2.93. The molecule has 0 aliphatic rings. The van der Waals surface area contributed by atoms with Crippen LogP contribution in [0.2, 0.25) is 10.0 Å². The van der Waals surface area contributed by atoms with Crippen molar-refractivity contribution in [2.24, 2.45) is 0 Å². The first-order valence-corrected chi connectivity index (χ1v) is 11.9. The molecule has 0 bridgehead atoms. The molecule has 0 radical (unpaired) electrons. The van der Waals surface area contributed by atoms with E-state index < -0.39 is 27.4 Å². The second-order valence-electron chi connectivity index (χ2n) is 7.06. The largest absolute Gasteiger partial charge is 0.497 e. The maximum absolute atomic E-state index is 13.5. The number of hydrogen-bond donors (Lipinski definition) is 1. The molecule has 3 rings (SSSR count). The minimum atomic E-state index is -4.38. The Kier molecular flexibility index (Phi) is 7.65. The van der Waals surface area contributed by atoms with Crippen LogP contribution in [0.4, 0.5) is 17.1 Å². The van der Waals surface area contributed by atoms with Gasteiger partial charge in [-0.1, -0.05) is 35.3 Å². The Bertz CT molecular complexity index is 1350. The molecule has 0 aliphatic carbocycles. The normalized spacial score (nSPS) is 11.1. The van der Waals surface area contributed by atoms with Crippen LogP contribution in [0.15, 0.2) is 65.6 Å². The SMILES string of the molecule is COc1ccc(N(CC(=O)Nc2cccc(Cl)c2Cl)S(=O)(=O)c2ccc(C)c([N+](=O)[O-])c2)cc1. The molecule has 9 nitrogen and oxygen atoms in total. The lowest BCUT2D eigenvalue weighted by molar-refractivity contribution is -0.385. The molecule has 0 aromatic heterocycles. The molecule has 1 amide bonds. The van der Waals surface area contributed by atoms with Crippen LogP contribution >= 0.6 is 23.2 Å². The molecular weight excluding hydrogens is 505 g/mol. The van der Waals surface area contributed by atoms with Crippen LogP contribution in [0, 0.1) is 17.0 Å². The second kappa shape index (κ2) is 10.3. The third-order valence-corrected chi connectivity index (χ3v) is 7.43. The predicted octanol–water partition coefficient (Wildman–Crippen LogP) is 5.05. The highest BCUT2D eigenvalue weighted by Crippen LogP contribution is 2.31. The van der Waals surface area contributed by atoms with Crippen molar-refractivity contribution in [3.8, 4) is 5.75 Å². The second-order valence-corrected chi connectivity index (χ2v) is 9.71. The van der Waals surface area contributed by atoms with Gasteiger partial charge in [0.2, 0.25) is 5.91 Å². The zero-order chi connectivity index (χ0) is 25.0. The van der Waals surface area contributed by atoms with Crippen molar-refractivity contribution in [2.75, 3.05) is 23.3 Å². The summed E-state index contributed by atoms with van der Waals surface area (Å²) < 4.78 is 33.0. The fourth-order valence-electron chi connectivity index (χ4n) is 3.06. The number of aryl methyl sites for hydroxylation is 1. The molecular formula is C22H19Cl2N3O6S. The Morgan fingerprint density at radius 1 is 1.12 bits per heavy atom. The van der Waals surface area contributed by atoms with Crippen molar-refractivity contribution in [2.45, 2.75) is 11.8 Å². The van der Waals surface area contributed by atoms with E-state index in [-0.39, 0.29) is 32.0 Å². The highest BCUT2D eigenvalue weighted by Gasteiger charge is 2.29. The molecule has 0 atom stereocenters. The highest BCUT2D eigenvalue weighted by molar-refractivity contribution is 7.92. The van der Waals surface area contributed by atoms with E-state index in [0.717, 1.165) is 10.4 Å². The number of nitrogens with one attached hydrogen (secondary N) is 1. The molecule has 1 N–H and O–H groups in total. The number of methoxy groups -OCH3 is 1. The van der Waals surface area contributed by atoms with Gasteiger partial charge in [0.15, 0.2) is 0 Å². The van der Waals surface area contributed by atoms with Crippen LogP contribution in [-0.4, -0.2) is 32.9 Å². The van der Waals surface area contributed by atoms with Crippen molar-refractivity contribution >= 4 is 56.2 Å². The van der Waals surface area contributed by atoms with Gasteiger partial charge in [-0.2, -0.15) is 0 Å². The molecule has 0 unspecified atom stereocenters. The number of amides is 1. The summed E-state index contributed by atoms with van der Waals surface area (Å²) in [6, 6.07) is 14.2. The lowest BCUT2D eigenvalue weighted by Crippen LogP contribution is -2.38. The van der Waals surface area contributed by atoms with Crippen molar-refractivity contribution in [3.63, 3.8) is 0 Å². The van der Waals surface area contributed by atoms with E-state index >= 15 is 0 Å². The fourth-order valence-corrected chi connectivity index (χ4v) is 4.85. The summed E-state index contributed by atoms with van der Waals surface area (Å²) in [5.41, 5.74) is 0.299. The lowest BCUT2D eigenvalue weighted by Gasteiger charge is -2.24. The smallest absolute Gasteiger partial charge is 0.273 e. The third kappa shape index (κ3) is 5.41. The molecule has 0 heterocycles. The quantitative estimate of drug-likeness (QED) is 0.325. The fraction of sp³-hybridized carbons (Fsp3) is 0.136. The van der Waals surface area contributed by atoms with Gasteiger partial charge in [0.25, 0.3) is 15.7 Å². The topological polar surface area (TPSA) is 119 Å². The van der Waals surface area contributed by atoms with Crippen molar-refractivity contribution in [1.82, 2.24) is 0 Å². The Labute approximate surface area is 206 Å². The molecule has 12 heteroatoms. The van der Waals surface area contributed by atoms with Crippen LogP contribution in [0.1, 0.15) is 5.56 Å². The number of carbonyl (C=O) groups excluding carboxylic acids is 1. The van der Waals surface area contributed by atoms with Gasteiger partial charge in [-0.25, -0.2) is 8.42 Å². The first-order valence-electron chi connectivity index (χ1n) is 9.70. The Balaban J connectivity index is 2.03. The number of halogens is 2. The van der Waals surface area contributed by atoms with E-state index in [1.807, 2.05) is 0 Å². The van der Waals surface area contributed by atoms with E-state index in [9.17, 15) is 23.3 Å². The zero-order valence-electron chi connectivity index (χ0n) is 18.0. The van der Waals surface area contributed by atoms with E-state index in [1.54, 1.807) is 6.07 Å². The van der Waals surface area contributed by atoms with Gasteiger partial charge in [-0.05, 0) is 49.4 Å². The molecule has 0 fully saturated rings. The van der Waals surface area contributed by atoms with Gasteiger partial charge < -0.3 is 10.1 Å². The average molecular weight is 524 g/mol. The standard InChI is InChI=1S/C22H19Cl2N3O6S/c1-14-6-11-17(12-20(14)27(29)30)34(31,32)26(15-7-9-16(33-2)10-8-15)13-21(28)25-19-5-3-4-18(23)22(19)24/h3-12H,13H2,1-2H3,(H,25,28). The number of sulfonamides is 1. The molecule has 3 aromatic rings. The predicted molar refractivity (Wildman–Crippen MR) is 130 cm³/mol. The van der Waals surface area contributed by atoms with Gasteiger partial charge >= 0.3 is 0 Å². The van der Waals surface area contributed by atoms with Crippen LogP contribution in [0.3, 0.4) is 0 Å². The van der Waals surface area contributed by atoms with Gasteiger partial charge in [-0.15, -0.1) is 0 Å². The number of nitrogens with zero attached hydrogens (tertiary/aromatic N) is 2. The monoisotopic (exact) mass is 523 g/mol. The maximum Gasteiger partial charge on any atom is 0.273 e. The number of nitro groups is 1. The number of carbonyl (C=O) groups is 1. The minimum Gasteiger partial charge on any atom is -0.497 e. The van der Waals surface area contributed by atoms with Crippen LogP contribution < -0.4 is 14.4 Å². The van der Waals surface area contributed by atoms with E-state index in [4.69, 9.17) is 27.9 Å². The van der Waals surface area contributed by atoms with Crippen LogP contribution in [0.5, 0.6) is 5.75 Å². The minimum absolute atomic E-state index is 0.102. The maximum atomic E-state index is 13.5. The first kappa shape index (κ1) is 25.3. The molecule has 0 saturated carbocycles. The summed E-state index contributed by atoms with van der Waals surface area (Å²) >= 11 is 12.1. The molecule has 3 aromatic carbocycles. The number of ether oxygens (including phenoxy) is 1. The number of rotatable bonds is 8. The van der Waals surface area contributed by atoms with E-state index in [2.05, 4.69) is 5.32 Å². The molecule has 178 valence electrons. The number of benzene rings is 3.